The predicted octanol–water partition coefficient (Wildman–Crippen LogP) is 2.69. The first-order chi connectivity index (χ1) is 8.25. The molecule has 84 valence electrons. The Bertz CT molecular complexity index is 741. The average molecular weight is 242 g/mol. The Kier molecular flexibility index (Phi) is 2.26. The third kappa shape index (κ3) is 1.64. The lowest BCUT2D eigenvalue weighted by Gasteiger charge is -2.02. The molecular formula is C12H10N4S. The van der Waals surface area contributed by atoms with Crippen molar-refractivity contribution in [2.45, 2.75) is 0 Å². The molecule has 1 N–H and O–H groups in total. The highest BCUT2D eigenvalue weighted by Crippen LogP contribution is 2.20. The number of aromatic amines is 1. The highest BCUT2D eigenvalue weighted by molar-refractivity contribution is 7.71. The minimum atomic E-state index is 0.605. The molecule has 0 aliphatic heterocycles. The van der Waals surface area contributed by atoms with Crippen molar-refractivity contribution in [3.05, 3.63) is 41.3 Å². The molecule has 0 amide bonds. The molecular weight excluding hydrogens is 232 g/mol. The summed E-state index contributed by atoms with van der Waals surface area (Å²) in [6.45, 7) is 0. The molecule has 0 unspecified atom stereocenters. The summed E-state index contributed by atoms with van der Waals surface area (Å²) in [5.74, 6) is 0.799. The molecule has 0 saturated carbocycles. The molecule has 3 rings (SSSR count). The number of para-hydroxylation sites is 1. The monoisotopic (exact) mass is 242 g/mol. The lowest BCUT2D eigenvalue weighted by molar-refractivity contribution is 0.901. The smallest absolute Gasteiger partial charge is 0.195 e. The molecule has 3 aromatic rings. The van der Waals surface area contributed by atoms with Crippen molar-refractivity contribution < 1.29 is 0 Å². The van der Waals surface area contributed by atoms with Crippen LogP contribution in [0.5, 0.6) is 0 Å². The van der Waals surface area contributed by atoms with Crippen LogP contribution < -0.4 is 0 Å². The average Bonchev–Trinajstić information content (AvgIpc) is 2.70. The maximum Gasteiger partial charge on any atom is 0.195 e. The fourth-order valence-corrected chi connectivity index (χ4v) is 1.93. The molecule has 0 atom stereocenters. The van der Waals surface area contributed by atoms with Gasteiger partial charge in [-0.2, -0.15) is 5.10 Å². The van der Waals surface area contributed by atoms with Crippen LogP contribution in [0.15, 0.2) is 36.5 Å². The van der Waals surface area contributed by atoms with E-state index < -0.39 is 0 Å². The highest BCUT2D eigenvalue weighted by Gasteiger charge is 2.06. The van der Waals surface area contributed by atoms with Gasteiger partial charge in [0, 0.05) is 24.2 Å². The van der Waals surface area contributed by atoms with E-state index in [1.807, 2.05) is 42.1 Å². The van der Waals surface area contributed by atoms with Gasteiger partial charge in [0.05, 0.1) is 5.52 Å². The van der Waals surface area contributed by atoms with Gasteiger partial charge in [-0.3, -0.25) is 10.1 Å². The normalized spacial score (nSPS) is 10.9. The number of rotatable bonds is 1. The predicted molar refractivity (Wildman–Crippen MR) is 69.1 cm³/mol. The fourth-order valence-electron chi connectivity index (χ4n) is 1.80. The van der Waals surface area contributed by atoms with Crippen LogP contribution in [0.4, 0.5) is 0 Å². The summed E-state index contributed by atoms with van der Waals surface area (Å²) in [7, 11) is 1.89. The van der Waals surface area contributed by atoms with Crippen LogP contribution in [0.3, 0.4) is 0 Å². The summed E-state index contributed by atoms with van der Waals surface area (Å²) < 4.78 is 2.44. The second-order valence-electron chi connectivity index (χ2n) is 3.83. The van der Waals surface area contributed by atoms with E-state index in [2.05, 4.69) is 21.2 Å². The Morgan fingerprint density at radius 2 is 2.12 bits per heavy atom. The van der Waals surface area contributed by atoms with Gasteiger partial charge in [-0.05, 0) is 24.4 Å². The summed E-state index contributed by atoms with van der Waals surface area (Å²) in [6.07, 6.45) is 1.81. The van der Waals surface area contributed by atoms with Gasteiger partial charge in [0.2, 0.25) is 0 Å². The molecule has 0 aliphatic rings. The van der Waals surface area contributed by atoms with Gasteiger partial charge in [-0.1, -0.05) is 18.2 Å². The Morgan fingerprint density at radius 1 is 1.29 bits per heavy atom. The number of pyridine rings is 1. The van der Waals surface area contributed by atoms with Gasteiger partial charge in [0.25, 0.3) is 0 Å². The number of fused-ring (bicyclic) bond motifs is 1. The van der Waals surface area contributed by atoms with Crippen LogP contribution in [-0.4, -0.2) is 19.7 Å². The maximum atomic E-state index is 5.09. The van der Waals surface area contributed by atoms with E-state index in [1.54, 1.807) is 0 Å². The van der Waals surface area contributed by atoms with Crippen molar-refractivity contribution in [1.82, 2.24) is 19.7 Å². The summed E-state index contributed by atoms with van der Waals surface area (Å²) >= 11 is 5.09. The molecule has 2 aromatic heterocycles. The zero-order chi connectivity index (χ0) is 11.8. The van der Waals surface area contributed by atoms with Gasteiger partial charge in [0.15, 0.2) is 10.6 Å². The lowest BCUT2D eigenvalue weighted by Crippen LogP contribution is -1.93. The van der Waals surface area contributed by atoms with E-state index >= 15 is 0 Å². The van der Waals surface area contributed by atoms with E-state index in [-0.39, 0.29) is 0 Å². The van der Waals surface area contributed by atoms with Crippen molar-refractivity contribution in [2.24, 2.45) is 7.05 Å². The molecule has 1 aromatic carbocycles. The Balaban J connectivity index is 2.25. The minimum Gasteiger partial charge on any atom is -0.303 e. The fraction of sp³-hybridized carbons (Fsp3) is 0.0833. The third-order valence-corrected chi connectivity index (χ3v) is 3.09. The summed E-state index contributed by atoms with van der Waals surface area (Å²) in [5.41, 5.74) is 1.94. The van der Waals surface area contributed by atoms with Crippen LogP contribution in [0.25, 0.3) is 22.3 Å². The number of nitrogens with one attached hydrogen (secondary N) is 1. The molecule has 5 heteroatoms. The molecule has 0 aliphatic carbocycles. The van der Waals surface area contributed by atoms with E-state index in [1.165, 1.54) is 0 Å². The van der Waals surface area contributed by atoms with Crippen molar-refractivity contribution >= 4 is 23.1 Å². The lowest BCUT2D eigenvalue weighted by atomic mass is 10.1. The zero-order valence-electron chi connectivity index (χ0n) is 9.21. The van der Waals surface area contributed by atoms with Crippen LogP contribution in [0.1, 0.15) is 0 Å². The molecule has 0 saturated heterocycles. The first kappa shape index (κ1) is 10.2. The van der Waals surface area contributed by atoms with Crippen molar-refractivity contribution in [2.75, 3.05) is 0 Å². The van der Waals surface area contributed by atoms with Gasteiger partial charge >= 0.3 is 0 Å². The van der Waals surface area contributed by atoms with E-state index in [0.29, 0.717) is 4.77 Å². The molecule has 0 spiro atoms. The second kappa shape index (κ2) is 3.78. The Hall–Kier alpha value is -2.01. The molecule has 2 heterocycles. The summed E-state index contributed by atoms with van der Waals surface area (Å²) in [6, 6.07) is 10.1. The summed E-state index contributed by atoms with van der Waals surface area (Å²) in [4.78, 5) is 4.41. The number of benzene rings is 1. The first-order valence-electron chi connectivity index (χ1n) is 5.22. The Morgan fingerprint density at radius 3 is 2.88 bits per heavy atom. The topological polar surface area (TPSA) is 46.5 Å². The number of hydrogen-bond donors (Lipinski definition) is 1. The molecule has 17 heavy (non-hydrogen) atoms. The number of nitrogens with zero attached hydrogens (tertiary/aromatic N) is 3. The van der Waals surface area contributed by atoms with Gasteiger partial charge in [0.1, 0.15) is 0 Å². The Labute approximate surface area is 103 Å². The second-order valence-corrected chi connectivity index (χ2v) is 4.21. The standard InChI is InChI=1S/C12H10N4S/c1-16-11(14-15-12(16)17)9-6-8-4-2-3-5-10(8)13-7-9/h2-7H,1H3,(H,15,17). The highest BCUT2D eigenvalue weighted by atomic mass is 32.1. The van der Waals surface area contributed by atoms with Crippen LogP contribution in [-0.2, 0) is 7.05 Å². The van der Waals surface area contributed by atoms with Gasteiger partial charge in [-0.15, -0.1) is 0 Å². The first-order valence-corrected chi connectivity index (χ1v) is 5.63. The number of aromatic nitrogens is 4. The van der Waals surface area contributed by atoms with Crippen molar-refractivity contribution in [3.63, 3.8) is 0 Å². The molecule has 0 fully saturated rings. The van der Waals surface area contributed by atoms with Crippen LogP contribution >= 0.6 is 12.2 Å². The number of H-pyrrole nitrogens is 1. The summed E-state index contributed by atoms with van der Waals surface area (Å²) in [5, 5.41) is 8.07. The molecule has 4 nitrogen and oxygen atoms in total. The van der Waals surface area contributed by atoms with E-state index in [4.69, 9.17) is 12.2 Å². The maximum absolute atomic E-state index is 5.09. The molecule has 0 radical (unpaired) electrons. The van der Waals surface area contributed by atoms with Crippen molar-refractivity contribution in [3.8, 4) is 11.4 Å². The van der Waals surface area contributed by atoms with Gasteiger partial charge < -0.3 is 4.57 Å². The van der Waals surface area contributed by atoms with Gasteiger partial charge in [-0.25, -0.2) is 0 Å². The third-order valence-electron chi connectivity index (χ3n) is 2.73. The van der Waals surface area contributed by atoms with E-state index in [9.17, 15) is 0 Å². The quantitative estimate of drug-likeness (QED) is 0.667. The largest absolute Gasteiger partial charge is 0.303 e. The minimum absolute atomic E-state index is 0.605. The number of hydrogen-bond acceptors (Lipinski definition) is 3. The zero-order valence-corrected chi connectivity index (χ0v) is 10.0. The van der Waals surface area contributed by atoms with Crippen molar-refractivity contribution in [1.29, 1.82) is 0 Å². The SMILES string of the molecule is Cn1c(-c2cnc3ccccc3c2)n[nH]c1=S. The van der Waals surface area contributed by atoms with Crippen LogP contribution in [0.2, 0.25) is 0 Å². The molecule has 0 bridgehead atoms. The van der Waals surface area contributed by atoms with Crippen LogP contribution in [0, 0.1) is 4.77 Å². The van der Waals surface area contributed by atoms with E-state index in [0.717, 1.165) is 22.3 Å².